The van der Waals surface area contributed by atoms with Gasteiger partial charge < -0.3 is 38.8 Å². The third kappa shape index (κ3) is 10.1. The standard InChI is InChI=1S/C52H55N4O9PS2/c1-36-33-56(50(59)54-46(36)53-47(57)37-15-7-4-8-16-37)48-44-45(65-66(55-29-13-14-30-55)68-32-31-67-49(58)38-17-9-5-10-18-38)51(64-48,34-62-44)35-63-52(39-19-11-6-12-20-39,40-21-25-42(60-2)26-22-40)41-23-27-43(61-3)28-24-41/h4-12,15-28,33,44-46,48H,13-14,29-32,34-35H2,1-3H3,(H,53,57)(H,54,59)/t44-,45+,46?,48-,51-,66?/m1/s1. The molecule has 5 aromatic rings. The SMILES string of the molecule is COc1ccc(C(OC[C@@]23CO[C@@H]([C@H](N4C=C(C)C(NC(=O)c5ccccc5)NC4=O)O2)[C@@H]3OP(SCCSC(=O)c2ccccc2)N2CCCC2)(c2ccccc2)c2ccc(OC)cc2)cc1. The first-order chi connectivity index (χ1) is 33.2. The predicted octanol–water partition coefficient (Wildman–Crippen LogP) is 9.21. The van der Waals surface area contributed by atoms with Gasteiger partial charge in [-0.15, -0.1) is 0 Å². The van der Waals surface area contributed by atoms with Crippen LogP contribution in [0.15, 0.2) is 151 Å². The van der Waals surface area contributed by atoms with Gasteiger partial charge >= 0.3 is 6.03 Å². The summed E-state index contributed by atoms with van der Waals surface area (Å²) in [5.41, 5.74) is 2.05. The molecule has 13 nitrogen and oxygen atoms in total. The van der Waals surface area contributed by atoms with E-state index in [0.29, 0.717) is 39.7 Å². The first kappa shape index (κ1) is 47.8. The fourth-order valence-corrected chi connectivity index (χ4v) is 14.4. The molecule has 4 aliphatic rings. The number of amides is 3. The molecule has 9 rings (SSSR count). The third-order valence-electron chi connectivity index (χ3n) is 12.6. The lowest BCUT2D eigenvalue weighted by molar-refractivity contribution is -0.205. The number of benzene rings is 5. The quantitative estimate of drug-likeness (QED) is 0.0464. The Morgan fingerprint density at radius 1 is 0.794 bits per heavy atom. The topological polar surface area (TPSA) is 137 Å². The van der Waals surface area contributed by atoms with Gasteiger partial charge in [0.1, 0.15) is 41.1 Å². The molecule has 354 valence electrons. The lowest BCUT2D eigenvalue weighted by atomic mass is 9.79. The van der Waals surface area contributed by atoms with E-state index >= 15 is 0 Å². The van der Waals surface area contributed by atoms with Gasteiger partial charge in [-0.2, -0.15) is 0 Å². The molecule has 0 saturated carbocycles. The third-order valence-corrected chi connectivity index (χ3v) is 17.8. The van der Waals surface area contributed by atoms with Crippen molar-refractivity contribution in [1.29, 1.82) is 0 Å². The Balaban J connectivity index is 1.05. The number of fused-ring (bicyclic) bond motifs is 2. The largest absolute Gasteiger partial charge is 0.497 e. The summed E-state index contributed by atoms with van der Waals surface area (Å²) in [7, 11) is 2.00. The lowest BCUT2D eigenvalue weighted by Crippen LogP contribution is -2.59. The molecule has 6 atom stereocenters. The second kappa shape index (κ2) is 21.6. The number of carbonyl (C=O) groups is 3. The van der Waals surface area contributed by atoms with Crippen molar-refractivity contribution in [3.8, 4) is 11.5 Å². The van der Waals surface area contributed by atoms with E-state index in [4.69, 9.17) is 28.2 Å². The zero-order valence-corrected chi connectivity index (χ0v) is 40.7. The minimum atomic E-state index is -1.28. The molecule has 0 spiro atoms. The second-order valence-corrected chi connectivity index (χ2v) is 21.6. The van der Waals surface area contributed by atoms with E-state index in [-0.39, 0.29) is 24.2 Å². The summed E-state index contributed by atoms with van der Waals surface area (Å²) in [6.45, 7) is 3.74. The van der Waals surface area contributed by atoms with Crippen LogP contribution in [0.4, 0.5) is 4.79 Å². The first-order valence-corrected chi connectivity index (χ1v) is 26.5. The van der Waals surface area contributed by atoms with Crippen LogP contribution in [0.1, 0.15) is 57.2 Å². The number of carbonyl (C=O) groups excluding carboxylic acids is 3. The molecular weight excluding hydrogens is 920 g/mol. The van der Waals surface area contributed by atoms with Crippen molar-refractivity contribution in [3.63, 3.8) is 0 Å². The van der Waals surface area contributed by atoms with Crippen LogP contribution in [0.2, 0.25) is 0 Å². The predicted molar refractivity (Wildman–Crippen MR) is 266 cm³/mol. The van der Waals surface area contributed by atoms with Crippen LogP contribution in [0.25, 0.3) is 0 Å². The van der Waals surface area contributed by atoms with Gasteiger partial charge in [0.05, 0.1) is 27.4 Å². The molecule has 16 heteroatoms. The highest BCUT2D eigenvalue weighted by Crippen LogP contribution is 2.60. The van der Waals surface area contributed by atoms with Crippen LogP contribution in [0.5, 0.6) is 11.5 Å². The molecule has 68 heavy (non-hydrogen) atoms. The number of thioether (sulfide) groups is 1. The molecule has 3 saturated heterocycles. The fourth-order valence-electron chi connectivity index (χ4n) is 9.03. The smallest absolute Gasteiger partial charge is 0.325 e. The monoisotopic (exact) mass is 974 g/mol. The molecule has 0 radical (unpaired) electrons. The molecule has 2 unspecified atom stereocenters. The molecule has 2 N–H and O–H groups in total. The van der Waals surface area contributed by atoms with Gasteiger partial charge in [0, 0.05) is 41.9 Å². The normalized spacial score (nSPS) is 22.9. The summed E-state index contributed by atoms with van der Waals surface area (Å²) < 4.78 is 42.4. The van der Waals surface area contributed by atoms with Gasteiger partial charge in [-0.05, 0) is 78.4 Å². The van der Waals surface area contributed by atoms with Gasteiger partial charge in [0.15, 0.2) is 13.7 Å². The Labute approximate surface area is 406 Å². The summed E-state index contributed by atoms with van der Waals surface area (Å²) in [6.07, 6.45) is 0.766. The average molecular weight is 975 g/mol. The number of urea groups is 1. The van der Waals surface area contributed by atoms with Crippen molar-refractivity contribution in [3.05, 3.63) is 179 Å². The Kier molecular flexibility index (Phi) is 15.2. The minimum Gasteiger partial charge on any atom is -0.497 e. The van der Waals surface area contributed by atoms with E-state index in [1.807, 2.05) is 110 Å². The molecule has 0 aromatic heterocycles. The van der Waals surface area contributed by atoms with Crippen LogP contribution in [0, 0.1) is 0 Å². The maximum absolute atomic E-state index is 14.2. The maximum Gasteiger partial charge on any atom is 0.325 e. The van der Waals surface area contributed by atoms with Crippen molar-refractivity contribution in [1.82, 2.24) is 20.2 Å². The first-order valence-electron chi connectivity index (χ1n) is 22.7. The van der Waals surface area contributed by atoms with Crippen molar-refractivity contribution in [2.24, 2.45) is 0 Å². The van der Waals surface area contributed by atoms with Gasteiger partial charge in [-0.3, -0.25) is 19.2 Å². The average Bonchev–Trinajstić information content (AvgIpc) is 4.12. The van der Waals surface area contributed by atoms with E-state index < -0.39 is 49.3 Å². The highest BCUT2D eigenvalue weighted by atomic mass is 32.7. The van der Waals surface area contributed by atoms with Crippen LogP contribution in [-0.2, 0) is 24.3 Å². The zero-order valence-electron chi connectivity index (χ0n) is 38.2. The Hall–Kier alpha value is -5.22. The van der Waals surface area contributed by atoms with E-state index in [9.17, 15) is 14.4 Å². The molecule has 3 amide bonds. The number of ether oxygens (including phenoxy) is 5. The molecule has 0 aliphatic carbocycles. The van der Waals surface area contributed by atoms with Gasteiger partial charge in [0.2, 0.25) is 5.12 Å². The van der Waals surface area contributed by atoms with Gasteiger partial charge in [-0.1, -0.05) is 126 Å². The number of hydrogen-bond acceptors (Lipinski definition) is 12. The van der Waals surface area contributed by atoms with Crippen LogP contribution in [0.3, 0.4) is 0 Å². The van der Waals surface area contributed by atoms with Crippen molar-refractivity contribution < 1.29 is 42.6 Å². The summed E-state index contributed by atoms with van der Waals surface area (Å²) in [6, 6.07) is 43.5. The van der Waals surface area contributed by atoms with Gasteiger partial charge in [0.25, 0.3) is 5.91 Å². The Morgan fingerprint density at radius 3 is 1.97 bits per heavy atom. The van der Waals surface area contributed by atoms with Crippen molar-refractivity contribution in [2.45, 2.75) is 55.6 Å². The lowest BCUT2D eigenvalue weighted by Gasteiger charge is -2.41. The number of hydrogen-bond donors (Lipinski definition) is 2. The van der Waals surface area contributed by atoms with Crippen LogP contribution < -0.4 is 20.1 Å². The fraction of sp³-hybridized carbons (Fsp3) is 0.327. The minimum absolute atomic E-state index is 0.000796. The Morgan fingerprint density at radius 2 is 1.37 bits per heavy atom. The molecule has 4 aliphatic heterocycles. The summed E-state index contributed by atoms with van der Waals surface area (Å²) >= 11 is 3.02. The zero-order chi connectivity index (χ0) is 47.1. The second-order valence-electron chi connectivity index (χ2n) is 16.9. The van der Waals surface area contributed by atoms with Crippen molar-refractivity contribution >= 4 is 47.7 Å². The van der Waals surface area contributed by atoms with E-state index in [1.54, 1.807) is 56.1 Å². The molecule has 3 fully saturated rings. The molecule has 5 aromatic carbocycles. The number of methoxy groups -OCH3 is 2. The van der Waals surface area contributed by atoms with E-state index in [1.165, 1.54) is 16.7 Å². The van der Waals surface area contributed by atoms with E-state index in [2.05, 4.69) is 27.4 Å². The Bertz CT molecular complexity index is 2490. The van der Waals surface area contributed by atoms with Crippen LogP contribution in [-0.4, -0.2) is 109 Å². The maximum atomic E-state index is 14.2. The highest BCUT2D eigenvalue weighted by Gasteiger charge is 2.66. The molecule has 4 heterocycles. The molecular formula is C52H55N4O9PS2. The number of rotatable bonds is 19. The van der Waals surface area contributed by atoms with Gasteiger partial charge in [-0.25, -0.2) is 4.79 Å². The summed E-state index contributed by atoms with van der Waals surface area (Å²) in [5.74, 6) is 2.37. The van der Waals surface area contributed by atoms with Crippen LogP contribution >= 0.6 is 30.6 Å². The number of nitrogens with one attached hydrogen (secondary N) is 2. The summed E-state index contributed by atoms with van der Waals surface area (Å²) in [5, 5.41) is 5.96. The van der Waals surface area contributed by atoms with Crippen molar-refractivity contribution in [2.75, 3.05) is 52.0 Å². The summed E-state index contributed by atoms with van der Waals surface area (Å²) in [4.78, 5) is 42.0. The highest BCUT2D eigenvalue weighted by molar-refractivity contribution is 8.53. The number of nitrogens with zero attached hydrogens (tertiary/aromatic N) is 2. The molecule has 2 bridgehead atoms. The van der Waals surface area contributed by atoms with E-state index in [0.717, 1.165) is 42.6 Å².